The third-order valence-electron chi connectivity index (χ3n) is 3.48. The maximum absolute atomic E-state index is 12.0. The van der Waals surface area contributed by atoms with E-state index in [0.717, 1.165) is 5.56 Å². The van der Waals surface area contributed by atoms with E-state index in [-0.39, 0.29) is 13.2 Å². The van der Waals surface area contributed by atoms with Crippen molar-refractivity contribution in [2.75, 3.05) is 13.7 Å². The van der Waals surface area contributed by atoms with Crippen molar-refractivity contribution in [3.63, 3.8) is 0 Å². The van der Waals surface area contributed by atoms with Crippen LogP contribution in [0.2, 0.25) is 0 Å². The molecule has 8 nitrogen and oxygen atoms in total. The quantitative estimate of drug-likeness (QED) is 0.501. The van der Waals surface area contributed by atoms with E-state index in [1.54, 1.807) is 0 Å². The highest BCUT2D eigenvalue weighted by atomic mass is 16.5. The fourth-order valence-corrected chi connectivity index (χ4v) is 1.95. The van der Waals surface area contributed by atoms with Gasteiger partial charge in [0.15, 0.2) is 0 Å². The largest absolute Gasteiger partial charge is 0.445 e. The summed E-state index contributed by atoms with van der Waals surface area (Å²) in [4.78, 5) is 35.2. The second-order valence-electron chi connectivity index (χ2n) is 5.13. The van der Waals surface area contributed by atoms with Gasteiger partial charge in [-0.1, -0.05) is 30.3 Å². The van der Waals surface area contributed by atoms with Crippen molar-refractivity contribution >= 4 is 17.9 Å². The van der Waals surface area contributed by atoms with E-state index in [1.807, 2.05) is 30.3 Å². The van der Waals surface area contributed by atoms with Gasteiger partial charge in [-0.3, -0.25) is 9.59 Å². The molecule has 3 amide bonds. The molecule has 1 aliphatic rings. The molecule has 124 valence electrons. The molecular formula is C15H19N3O5. The summed E-state index contributed by atoms with van der Waals surface area (Å²) in [5.41, 5.74) is -0.523. The minimum absolute atomic E-state index is 0.103. The van der Waals surface area contributed by atoms with Crippen LogP contribution in [0.4, 0.5) is 4.79 Å². The zero-order valence-electron chi connectivity index (χ0n) is 12.9. The molecule has 0 bridgehead atoms. The van der Waals surface area contributed by atoms with E-state index in [0.29, 0.717) is 0 Å². The van der Waals surface area contributed by atoms with Crippen LogP contribution in [0, 0.1) is 0 Å². The molecule has 23 heavy (non-hydrogen) atoms. The number of alkyl carbamates (subject to hydrolysis) is 1. The Hall–Kier alpha value is -2.61. The van der Waals surface area contributed by atoms with E-state index >= 15 is 0 Å². The van der Waals surface area contributed by atoms with Gasteiger partial charge in [0.25, 0.3) is 5.91 Å². The molecule has 2 rings (SSSR count). The molecule has 1 aliphatic heterocycles. The number of ether oxygens (including phenoxy) is 2. The fraction of sp³-hybridized carbons (Fsp3) is 0.400. The Morgan fingerprint density at radius 3 is 2.57 bits per heavy atom. The maximum Gasteiger partial charge on any atom is 0.408 e. The number of nitrogens with one attached hydrogen (secondary N) is 3. The van der Waals surface area contributed by atoms with Gasteiger partial charge in [-0.25, -0.2) is 4.79 Å². The van der Waals surface area contributed by atoms with Crippen LogP contribution in [-0.4, -0.2) is 43.3 Å². The molecule has 1 heterocycles. The lowest BCUT2D eigenvalue weighted by molar-refractivity contribution is -0.167. The van der Waals surface area contributed by atoms with Gasteiger partial charge in [-0.05, 0) is 12.5 Å². The molecule has 1 unspecified atom stereocenters. The van der Waals surface area contributed by atoms with Crippen LogP contribution in [0.25, 0.3) is 0 Å². The zero-order chi connectivity index (χ0) is 16.9. The number of benzene rings is 1. The van der Waals surface area contributed by atoms with Gasteiger partial charge < -0.3 is 25.4 Å². The van der Waals surface area contributed by atoms with E-state index < -0.39 is 29.7 Å². The van der Waals surface area contributed by atoms with Crippen molar-refractivity contribution in [2.45, 2.75) is 25.3 Å². The Bertz CT molecular complexity index is 588. The van der Waals surface area contributed by atoms with Gasteiger partial charge in [-0.15, -0.1) is 0 Å². The highest BCUT2D eigenvalue weighted by Crippen LogP contribution is 2.13. The predicted molar refractivity (Wildman–Crippen MR) is 80.1 cm³/mol. The van der Waals surface area contributed by atoms with E-state index in [2.05, 4.69) is 16.0 Å². The summed E-state index contributed by atoms with van der Waals surface area (Å²) in [5.74, 6) is -0.967. The van der Waals surface area contributed by atoms with E-state index in [9.17, 15) is 14.4 Å². The lowest BCUT2D eigenvalue weighted by Gasteiger charge is -2.39. The minimum atomic E-state index is -1.36. The summed E-state index contributed by atoms with van der Waals surface area (Å²) in [5, 5.41) is 7.35. The molecule has 0 radical (unpaired) electrons. The van der Waals surface area contributed by atoms with Crippen molar-refractivity contribution in [2.24, 2.45) is 0 Å². The topological polar surface area (TPSA) is 106 Å². The number of carbonyl (C=O) groups excluding carboxylic acids is 3. The van der Waals surface area contributed by atoms with Gasteiger partial charge in [-0.2, -0.15) is 0 Å². The third-order valence-corrected chi connectivity index (χ3v) is 3.48. The SMILES string of the molecule is COC1(NC(=O)[C@@H](C)NC(=O)OCc2ccccc2)CNC1=O. The van der Waals surface area contributed by atoms with Gasteiger partial charge >= 0.3 is 6.09 Å². The minimum Gasteiger partial charge on any atom is -0.445 e. The normalized spacial score (nSPS) is 20.7. The average Bonchev–Trinajstić information content (AvgIpc) is 2.57. The Balaban J connectivity index is 1.79. The fourth-order valence-electron chi connectivity index (χ4n) is 1.95. The molecule has 0 aliphatic carbocycles. The third kappa shape index (κ3) is 3.98. The molecule has 0 saturated carbocycles. The lowest BCUT2D eigenvalue weighted by Crippen LogP contribution is -2.75. The van der Waals surface area contributed by atoms with Gasteiger partial charge in [0.05, 0.1) is 6.54 Å². The highest BCUT2D eigenvalue weighted by Gasteiger charge is 2.48. The first-order valence-corrected chi connectivity index (χ1v) is 7.09. The van der Waals surface area contributed by atoms with Crippen LogP contribution in [0.3, 0.4) is 0 Å². The van der Waals surface area contributed by atoms with Gasteiger partial charge in [0, 0.05) is 7.11 Å². The molecule has 1 saturated heterocycles. The van der Waals surface area contributed by atoms with Crippen LogP contribution >= 0.6 is 0 Å². The molecular weight excluding hydrogens is 302 g/mol. The molecule has 8 heteroatoms. The summed E-state index contributed by atoms with van der Waals surface area (Å²) in [6.45, 7) is 1.77. The molecule has 3 N–H and O–H groups in total. The summed E-state index contributed by atoms with van der Waals surface area (Å²) in [6.07, 6.45) is -0.721. The number of hydrogen-bond acceptors (Lipinski definition) is 5. The van der Waals surface area contributed by atoms with Gasteiger partial charge in [0.2, 0.25) is 11.6 Å². The summed E-state index contributed by atoms with van der Waals surface area (Å²) in [7, 11) is 1.32. The average molecular weight is 321 g/mol. The molecule has 1 fully saturated rings. The van der Waals surface area contributed by atoms with Crippen molar-refractivity contribution in [1.82, 2.24) is 16.0 Å². The number of hydrogen-bond donors (Lipinski definition) is 3. The molecule has 2 atom stereocenters. The maximum atomic E-state index is 12.0. The van der Waals surface area contributed by atoms with Crippen LogP contribution in [0.15, 0.2) is 30.3 Å². The summed E-state index contributed by atoms with van der Waals surface area (Å²) < 4.78 is 10.1. The van der Waals surface area contributed by atoms with Crippen LogP contribution in [0.5, 0.6) is 0 Å². The Morgan fingerprint density at radius 2 is 2.04 bits per heavy atom. The van der Waals surface area contributed by atoms with E-state index in [1.165, 1.54) is 14.0 Å². The van der Waals surface area contributed by atoms with Crippen molar-refractivity contribution in [1.29, 1.82) is 0 Å². The lowest BCUT2D eigenvalue weighted by atomic mass is 10.1. The van der Waals surface area contributed by atoms with E-state index in [4.69, 9.17) is 9.47 Å². The molecule has 1 aromatic rings. The molecule has 1 aromatic carbocycles. The van der Waals surface area contributed by atoms with Crippen molar-refractivity contribution in [3.8, 4) is 0 Å². The van der Waals surface area contributed by atoms with Crippen LogP contribution in [0.1, 0.15) is 12.5 Å². The first kappa shape index (κ1) is 16.8. The predicted octanol–water partition coefficient (Wildman–Crippen LogP) is -0.110. The number of methoxy groups -OCH3 is 1. The standard InChI is InChI=1S/C15H19N3O5/c1-10(12(19)18-15(22-2)9-16-13(15)20)17-14(21)23-8-11-6-4-3-5-7-11/h3-7,10H,8-9H2,1-2H3,(H,16,20)(H,17,21)(H,18,19)/t10-,15?/m1/s1. The first-order valence-electron chi connectivity index (χ1n) is 7.09. The highest BCUT2D eigenvalue weighted by molar-refractivity contribution is 5.96. The Kier molecular flexibility index (Phi) is 5.17. The monoisotopic (exact) mass is 321 g/mol. The van der Waals surface area contributed by atoms with Crippen molar-refractivity contribution in [3.05, 3.63) is 35.9 Å². The number of carbonyl (C=O) groups is 3. The van der Waals surface area contributed by atoms with Crippen LogP contribution < -0.4 is 16.0 Å². The first-order chi connectivity index (χ1) is 11.0. The second kappa shape index (κ2) is 7.10. The second-order valence-corrected chi connectivity index (χ2v) is 5.13. The van der Waals surface area contributed by atoms with Gasteiger partial charge in [0.1, 0.15) is 12.6 Å². The Morgan fingerprint density at radius 1 is 1.35 bits per heavy atom. The summed E-state index contributed by atoms with van der Waals surface area (Å²) >= 11 is 0. The number of amides is 3. The zero-order valence-corrected chi connectivity index (χ0v) is 12.9. The Labute approximate surface area is 133 Å². The number of β-lactam (4-membered cyclic amide) rings is 1. The molecule has 0 spiro atoms. The molecule has 0 aromatic heterocycles. The summed E-state index contributed by atoms with van der Waals surface area (Å²) in [6, 6.07) is 8.29. The van der Waals surface area contributed by atoms with Crippen LogP contribution in [-0.2, 0) is 25.7 Å². The smallest absolute Gasteiger partial charge is 0.408 e. The van der Waals surface area contributed by atoms with Crippen molar-refractivity contribution < 1.29 is 23.9 Å². The number of rotatable bonds is 6.